The third-order valence-electron chi connectivity index (χ3n) is 3.13. The van der Waals surface area contributed by atoms with Crippen LogP contribution in [0, 0.1) is 0 Å². The molecule has 3 rings (SSSR count). The summed E-state index contributed by atoms with van der Waals surface area (Å²) >= 11 is 0. The molecule has 0 spiro atoms. The minimum atomic E-state index is -1.08. The summed E-state index contributed by atoms with van der Waals surface area (Å²) in [6, 6.07) is 13.3. The van der Waals surface area contributed by atoms with Crippen molar-refractivity contribution in [1.29, 1.82) is 0 Å². The van der Waals surface area contributed by atoms with E-state index < -0.39 is 5.97 Å². The van der Waals surface area contributed by atoms with E-state index in [1.54, 1.807) is 42.5 Å². The normalized spacial score (nSPS) is 10.6. The van der Waals surface area contributed by atoms with Crippen molar-refractivity contribution in [3.05, 3.63) is 70.6 Å². The first-order valence-corrected chi connectivity index (χ1v) is 6.02. The van der Waals surface area contributed by atoms with Crippen molar-refractivity contribution in [1.82, 2.24) is 0 Å². The van der Waals surface area contributed by atoms with Gasteiger partial charge in [-0.2, -0.15) is 0 Å². The van der Waals surface area contributed by atoms with Gasteiger partial charge in [-0.1, -0.05) is 30.3 Å². The number of rotatable bonds is 2. The molecule has 0 fully saturated rings. The molecular formula is C16H10O4. The Balaban J connectivity index is 2.34. The van der Waals surface area contributed by atoms with E-state index in [0.717, 1.165) is 0 Å². The average molecular weight is 266 g/mol. The fourth-order valence-electron chi connectivity index (χ4n) is 2.17. The molecule has 0 saturated heterocycles. The highest BCUT2D eigenvalue weighted by atomic mass is 16.4. The Hall–Kier alpha value is -2.88. The van der Waals surface area contributed by atoms with Crippen molar-refractivity contribution in [3.8, 4) is 11.1 Å². The van der Waals surface area contributed by atoms with Crippen molar-refractivity contribution in [2.45, 2.75) is 0 Å². The Morgan fingerprint density at radius 3 is 2.45 bits per heavy atom. The van der Waals surface area contributed by atoms with Gasteiger partial charge in [0.1, 0.15) is 11.8 Å². The number of carboxylic acids is 1. The molecule has 2 aromatic carbocycles. The molecular weight excluding hydrogens is 256 g/mol. The molecule has 98 valence electrons. The van der Waals surface area contributed by atoms with Gasteiger partial charge >= 0.3 is 5.97 Å². The molecule has 0 saturated carbocycles. The molecule has 0 aliphatic carbocycles. The van der Waals surface area contributed by atoms with E-state index in [1.165, 1.54) is 12.3 Å². The lowest BCUT2D eigenvalue weighted by atomic mass is 10.00. The number of fused-ring (bicyclic) bond motifs is 1. The van der Waals surface area contributed by atoms with Gasteiger partial charge in [0.25, 0.3) is 0 Å². The Morgan fingerprint density at radius 1 is 0.950 bits per heavy atom. The molecule has 0 unspecified atom stereocenters. The van der Waals surface area contributed by atoms with Crippen molar-refractivity contribution in [2.75, 3.05) is 0 Å². The number of hydrogen-bond donors (Lipinski definition) is 1. The average Bonchev–Trinajstić information content (AvgIpc) is 2.48. The number of carbonyl (C=O) groups is 1. The molecule has 1 aromatic heterocycles. The standard InChI is InChI=1S/C16H10O4/c17-15-12-7-3-4-8-14(12)20-9-13(15)10-5-1-2-6-11(10)16(18)19/h1-9H,(H,18,19). The number of para-hydroxylation sites is 1. The Labute approximate surface area is 113 Å². The van der Waals surface area contributed by atoms with Crippen LogP contribution in [-0.4, -0.2) is 11.1 Å². The van der Waals surface area contributed by atoms with Crippen LogP contribution in [0.3, 0.4) is 0 Å². The third-order valence-corrected chi connectivity index (χ3v) is 3.13. The molecule has 0 aliphatic heterocycles. The van der Waals surface area contributed by atoms with Gasteiger partial charge in [-0.15, -0.1) is 0 Å². The van der Waals surface area contributed by atoms with Gasteiger partial charge in [0.05, 0.1) is 16.5 Å². The molecule has 1 N–H and O–H groups in total. The Morgan fingerprint density at radius 2 is 1.65 bits per heavy atom. The van der Waals surface area contributed by atoms with Crippen molar-refractivity contribution in [2.24, 2.45) is 0 Å². The maximum absolute atomic E-state index is 12.5. The van der Waals surface area contributed by atoms with E-state index in [2.05, 4.69) is 0 Å². The number of hydrogen-bond acceptors (Lipinski definition) is 3. The van der Waals surface area contributed by atoms with Gasteiger partial charge in [0.15, 0.2) is 0 Å². The van der Waals surface area contributed by atoms with Crippen LogP contribution in [0.25, 0.3) is 22.1 Å². The molecule has 1 heterocycles. The van der Waals surface area contributed by atoms with Gasteiger partial charge in [-0.05, 0) is 18.2 Å². The SMILES string of the molecule is O=C(O)c1ccccc1-c1coc2ccccc2c1=O. The van der Waals surface area contributed by atoms with E-state index in [9.17, 15) is 14.7 Å². The smallest absolute Gasteiger partial charge is 0.336 e. The number of carboxylic acid groups (broad SMARTS) is 1. The summed E-state index contributed by atoms with van der Waals surface area (Å²) in [7, 11) is 0. The lowest BCUT2D eigenvalue weighted by Crippen LogP contribution is -2.08. The molecule has 4 heteroatoms. The summed E-state index contributed by atoms with van der Waals surface area (Å²) in [6.45, 7) is 0. The fraction of sp³-hybridized carbons (Fsp3) is 0. The second-order valence-corrected chi connectivity index (χ2v) is 4.33. The lowest BCUT2D eigenvalue weighted by molar-refractivity contribution is 0.0697. The summed E-state index contributed by atoms with van der Waals surface area (Å²) in [5.41, 5.74) is 0.936. The van der Waals surface area contributed by atoms with Gasteiger partial charge in [0.2, 0.25) is 5.43 Å². The summed E-state index contributed by atoms with van der Waals surface area (Å²) in [5, 5.41) is 9.63. The summed E-state index contributed by atoms with van der Waals surface area (Å²) in [6.07, 6.45) is 1.31. The van der Waals surface area contributed by atoms with E-state index in [0.29, 0.717) is 16.5 Å². The largest absolute Gasteiger partial charge is 0.478 e. The van der Waals surface area contributed by atoms with Gasteiger partial charge < -0.3 is 9.52 Å². The van der Waals surface area contributed by atoms with Crippen LogP contribution in [0.1, 0.15) is 10.4 Å². The Bertz CT molecular complexity index is 861. The first-order valence-electron chi connectivity index (χ1n) is 6.02. The predicted molar refractivity (Wildman–Crippen MR) is 74.9 cm³/mol. The molecule has 0 amide bonds. The molecule has 0 radical (unpaired) electrons. The third kappa shape index (κ3) is 1.87. The minimum Gasteiger partial charge on any atom is -0.478 e. The van der Waals surface area contributed by atoms with Crippen molar-refractivity contribution >= 4 is 16.9 Å². The van der Waals surface area contributed by atoms with Crippen LogP contribution >= 0.6 is 0 Å². The van der Waals surface area contributed by atoms with Gasteiger partial charge in [-0.3, -0.25) is 4.79 Å². The van der Waals surface area contributed by atoms with E-state index in [-0.39, 0.29) is 16.6 Å². The number of benzene rings is 2. The monoisotopic (exact) mass is 266 g/mol. The first kappa shape index (κ1) is 12.2. The maximum Gasteiger partial charge on any atom is 0.336 e. The zero-order chi connectivity index (χ0) is 14.1. The van der Waals surface area contributed by atoms with Gasteiger partial charge in [-0.25, -0.2) is 4.79 Å². The zero-order valence-corrected chi connectivity index (χ0v) is 10.4. The molecule has 0 bridgehead atoms. The van der Waals surface area contributed by atoms with Crippen LogP contribution in [0.15, 0.2) is 64.0 Å². The van der Waals surface area contributed by atoms with E-state index in [4.69, 9.17) is 4.42 Å². The van der Waals surface area contributed by atoms with Crippen LogP contribution in [0.5, 0.6) is 0 Å². The van der Waals surface area contributed by atoms with Gasteiger partial charge in [0, 0.05) is 5.56 Å². The molecule has 20 heavy (non-hydrogen) atoms. The van der Waals surface area contributed by atoms with E-state index in [1.807, 2.05) is 0 Å². The highest BCUT2D eigenvalue weighted by Gasteiger charge is 2.15. The topological polar surface area (TPSA) is 67.5 Å². The summed E-state index contributed by atoms with van der Waals surface area (Å²) in [4.78, 5) is 23.7. The predicted octanol–water partition coefficient (Wildman–Crippen LogP) is 3.16. The number of aromatic carboxylic acids is 1. The first-order chi connectivity index (χ1) is 9.68. The minimum absolute atomic E-state index is 0.0788. The highest BCUT2D eigenvalue weighted by molar-refractivity contribution is 5.96. The quantitative estimate of drug-likeness (QED) is 0.773. The van der Waals surface area contributed by atoms with Crippen molar-refractivity contribution < 1.29 is 14.3 Å². The maximum atomic E-state index is 12.5. The highest BCUT2D eigenvalue weighted by Crippen LogP contribution is 2.23. The van der Waals surface area contributed by atoms with Crippen LogP contribution in [0.2, 0.25) is 0 Å². The molecule has 3 aromatic rings. The second-order valence-electron chi connectivity index (χ2n) is 4.33. The van der Waals surface area contributed by atoms with Crippen LogP contribution in [-0.2, 0) is 0 Å². The Kier molecular flexibility index (Phi) is 2.84. The fourth-order valence-corrected chi connectivity index (χ4v) is 2.17. The van der Waals surface area contributed by atoms with Crippen LogP contribution < -0.4 is 5.43 Å². The summed E-state index contributed by atoms with van der Waals surface area (Å²) in [5.74, 6) is -1.08. The lowest BCUT2D eigenvalue weighted by Gasteiger charge is -2.05. The van der Waals surface area contributed by atoms with Crippen molar-refractivity contribution in [3.63, 3.8) is 0 Å². The molecule has 4 nitrogen and oxygen atoms in total. The van der Waals surface area contributed by atoms with E-state index >= 15 is 0 Å². The van der Waals surface area contributed by atoms with Crippen LogP contribution in [0.4, 0.5) is 0 Å². The second kappa shape index (κ2) is 4.66. The summed E-state index contributed by atoms with van der Waals surface area (Å²) < 4.78 is 5.42. The zero-order valence-electron chi connectivity index (χ0n) is 10.4. The molecule has 0 aliphatic rings. The molecule has 0 atom stereocenters.